The van der Waals surface area contributed by atoms with Crippen molar-refractivity contribution in [3.8, 4) is 5.75 Å². The van der Waals surface area contributed by atoms with Crippen LogP contribution >= 0.6 is 0 Å². The number of hydrogen-bond donors (Lipinski definition) is 1. The summed E-state index contributed by atoms with van der Waals surface area (Å²) < 4.78 is 37.7. The van der Waals surface area contributed by atoms with Crippen molar-refractivity contribution in [1.29, 1.82) is 0 Å². The van der Waals surface area contributed by atoms with Gasteiger partial charge in [-0.05, 0) is 57.5 Å². The molecule has 0 radical (unpaired) electrons. The van der Waals surface area contributed by atoms with E-state index in [9.17, 15) is 18.0 Å². The Kier molecular flexibility index (Phi) is 5.59. The molecule has 2 aromatic carbocycles. The molecule has 1 aromatic heterocycles. The number of esters is 1. The van der Waals surface area contributed by atoms with Crippen LogP contribution in [-0.2, 0) is 14.8 Å². The van der Waals surface area contributed by atoms with E-state index in [2.05, 4.69) is 4.72 Å². The van der Waals surface area contributed by atoms with Crippen LogP contribution in [0.1, 0.15) is 23.6 Å². The maximum absolute atomic E-state index is 12.4. The standard InChI is InChI=1S/C21H21NO6S/c1-12-5-8-17(9-6-12)29(25,26)22-15(4)21(24)27-16-7-10-18-13(2)14(3)20(23)28-19(18)11-16/h5-11,15,22H,1-4H3. The van der Waals surface area contributed by atoms with Crippen LogP contribution in [0.5, 0.6) is 5.75 Å². The topological polar surface area (TPSA) is 103 Å². The molecule has 3 aromatic rings. The van der Waals surface area contributed by atoms with Gasteiger partial charge in [0.15, 0.2) is 0 Å². The molecule has 7 nitrogen and oxygen atoms in total. The van der Waals surface area contributed by atoms with Crippen molar-refractivity contribution in [2.24, 2.45) is 0 Å². The second-order valence-electron chi connectivity index (χ2n) is 6.87. The molecule has 1 N–H and O–H groups in total. The Morgan fingerprint density at radius 3 is 2.34 bits per heavy atom. The SMILES string of the molecule is Cc1ccc(S(=O)(=O)NC(C)C(=O)Oc2ccc3c(C)c(C)c(=O)oc3c2)cc1. The number of carbonyl (C=O) groups excluding carboxylic acids is 1. The summed E-state index contributed by atoms with van der Waals surface area (Å²) in [5.74, 6) is -0.637. The summed E-state index contributed by atoms with van der Waals surface area (Å²) in [6.07, 6.45) is 0. The summed E-state index contributed by atoms with van der Waals surface area (Å²) in [5, 5.41) is 0.732. The monoisotopic (exact) mass is 415 g/mol. The van der Waals surface area contributed by atoms with E-state index in [4.69, 9.17) is 9.15 Å². The number of carbonyl (C=O) groups is 1. The number of fused-ring (bicyclic) bond motifs is 1. The van der Waals surface area contributed by atoms with Crippen LogP contribution in [-0.4, -0.2) is 20.4 Å². The van der Waals surface area contributed by atoms with Crippen molar-refractivity contribution in [3.05, 3.63) is 69.6 Å². The number of rotatable bonds is 5. The van der Waals surface area contributed by atoms with Crippen LogP contribution in [0, 0.1) is 20.8 Å². The minimum absolute atomic E-state index is 0.0566. The predicted molar refractivity (Wildman–Crippen MR) is 109 cm³/mol. The summed E-state index contributed by atoms with van der Waals surface area (Å²) in [5.41, 5.74) is 2.05. The molecule has 0 bridgehead atoms. The lowest BCUT2D eigenvalue weighted by atomic mass is 10.1. The summed E-state index contributed by atoms with van der Waals surface area (Å²) in [4.78, 5) is 24.3. The molecule has 0 saturated heterocycles. The van der Waals surface area contributed by atoms with Gasteiger partial charge in [0, 0.05) is 17.0 Å². The lowest BCUT2D eigenvalue weighted by molar-refractivity contribution is -0.135. The van der Waals surface area contributed by atoms with Gasteiger partial charge in [0.05, 0.1) is 4.90 Å². The Balaban J connectivity index is 1.78. The van der Waals surface area contributed by atoms with E-state index >= 15 is 0 Å². The Hall–Kier alpha value is -2.97. The Bertz CT molecular complexity index is 1240. The normalized spacial score (nSPS) is 12.7. The van der Waals surface area contributed by atoms with Gasteiger partial charge in [-0.1, -0.05) is 17.7 Å². The first-order valence-electron chi connectivity index (χ1n) is 8.93. The molecule has 1 unspecified atom stereocenters. The summed E-state index contributed by atoms with van der Waals surface area (Å²) in [7, 11) is -3.87. The summed E-state index contributed by atoms with van der Waals surface area (Å²) in [6, 6.07) is 9.83. The zero-order valence-corrected chi connectivity index (χ0v) is 17.3. The van der Waals surface area contributed by atoms with Gasteiger partial charge >= 0.3 is 11.6 Å². The Labute approximate surface area is 168 Å². The van der Waals surface area contributed by atoms with E-state index in [1.165, 1.54) is 25.1 Å². The van der Waals surface area contributed by atoms with Crippen LogP contribution in [0.25, 0.3) is 11.0 Å². The van der Waals surface area contributed by atoms with E-state index in [0.29, 0.717) is 5.56 Å². The van der Waals surface area contributed by atoms with Gasteiger partial charge in [-0.25, -0.2) is 18.0 Å². The minimum Gasteiger partial charge on any atom is -0.425 e. The highest BCUT2D eigenvalue weighted by molar-refractivity contribution is 7.89. The van der Waals surface area contributed by atoms with Gasteiger partial charge in [-0.15, -0.1) is 0 Å². The van der Waals surface area contributed by atoms with Gasteiger partial charge < -0.3 is 9.15 Å². The van der Waals surface area contributed by atoms with Gasteiger partial charge in [0.1, 0.15) is 17.4 Å². The van der Waals surface area contributed by atoms with Crippen molar-refractivity contribution < 1.29 is 22.4 Å². The maximum Gasteiger partial charge on any atom is 0.339 e. The number of ether oxygens (including phenoxy) is 1. The molecule has 0 spiro atoms. The number of benzene rings is 2. The zero-order chi connectivity index (χ0) is 21.3. The van der Waals surface area contributed by atoms with E-state index in [1.807, 2.05) is 13.8 Å². The summed E-state index contributed by atoms with van der Waals surface area (Å²) >= 11 is 0. The molecule has 0 aliphatic heterocycles. The first-order valence-corrected chi connectivity index (χ1v) is 10.4. The largest absolute Gasteiger partial charge is 0.425 e. The van der Waals surface area contributed by atoms with E-state index in [0.717, 1.165) is 16.5 Å². The molecule has 29 heavy (non-hydrogen) atoms. The first-order chi connectivity index (χ1) is 13.6. The fourth-order valence-electron chi connectivity index (χ4n) is 2.76. The van der Waals surface area contributed by atoms with Crippen molar-refractivity contribution in [2.45, 2.75) is 38.6 Å². The Morgan fingerprint density at radius 2 is 1.69 bits per heavy atom. The van der Waals surface area contributed by atoms with E-state index in [-0.39, 0.29) is 16.2 Å². The molecule has 152 valence electrons. The third-order valence-corrected chi connectivity index (χ3v) is 6.22. The van der Waals surface area contributed by atoms with Gasteiger partial charge in [0.2, 0.25) is 10.0 Å². The van der Waals surface area contributed by atoms with Gasteiger partial charge in [-0.3, -0.25) is 0 Å². The smallest absolute Gasteiger partial charge is 0.339 e. The quantitative estimate of drug-likeness (QED) is 0.390. The molecule has 3 rings (SSSR count). The maximum atomic E-state index is 12.4. The predicted octanol–water partition coefficient (Wildman–Crippen LogP) is 2.99. The second-order valence-corrected chi connectivity index (χ2v) is 8.59. The lowest BCUT2D eigenvalue weighted by Gasteiger charge is -2.14. The van der Waals surface area contributed by atoms with Crippen molar-refractivity contribution in [2.75, 3.05) is 0 Å². The number of sulfonamides is 1. The fraction of sp³-hybridized carbons (Fsp3) is 0.238. The molecule has 0 amide bonds. The molecular weight excluding hydrogens is 394 g/mol. The molecule has 0 fully saturated rings. The third kappa shape index (κ3) is 4.38. The Morgan fingerprint density at radius 1 is 1.03 bits per heavy atom. The summed E-state index contributed by atoms with van der Waals surface area (Å²) in [6.45, 7) is 6.72. The fourth-order valence-corrected chi connectivity index (χ4v) is 3.95. The first kappa shape index (κ1) is 20.8. The lowest BCUT2D eigenvalue weighted by Crippen LogP contribution is -2.40. The number of hydrogen-bond acceptors (Lipinski definition) is 6. The molecule has 1 heterocycles. The molecule has 0 aliphatic rings. The molecule has 0 aliphatic carbocycles. The third-order valence-electron chi connectivity index (χ3n) is 4.66. The average molecular weight is 415 g/mol. The number of nitrogens with one attached hydrogen (secondary N) is 1. The van der Waals surface area contributed by atoms with Crippen molar-refractivity contribution >= 4 is 27.0 Å². The molecular formula is C21H21NO6S. The average Bonchev–Trinajstić information content (AvgIpc) is 2.66. The van der Waals surface area contributed by atoms with Gasteiger partial charge in [-0.2, -0.15) is 4.72 Å². The van der Waals surface area contributed by atoms with E-state index < -0.39 is 27.7 Å². The zero-order valence-electron chi connectivity index (χ0n) is 16.5. The highest BCUT2D eigenvalue weighted by Gasteiger charge is 2.23. The minimum atomic E-state index is -3.87. The van der Waals surface area contributed by atoms with Crippen LogP contribution < -0.4 is 15.1 Å². The van der Waals surface area contributed by atoms with Crippen LogP contribution in [0.4, 0.5) is 0 Å². The van der Waals surface area contributed by atoms with Crippen LogP contribution in [0.2, 0.25) is 0 Å². The second kappa shape index (κ2) is 7.81. The van der Waals surface area contributed by atoms with Gasteiger partial charge in [0.25, 0.3) is 0 Å². The van der Waals surface area contributed by atoms with Crippen LogP contribution in [0.3, 0.4) is 0 Å². The number of aryl methyl sites for hydroxylation is 2. The highest BCUT2D eigenvalue weighted by Crippen LogP contribution is 2.24. The molecule has 0 saturated carbocycles. The molecule has 1 atom stereocenters. The van der Waals surface area contributed by atoms with Crippen molar-refractivity contribution in [3.63, 3.8) is 0 Å². The van der Waals surface area contributed by atoms with E-state index in [1.54, 1.807) is 31.2 Å². The van der Waals surface area contributed by atoms with Crippen LogP contribution in [0.15, 0.2) is 56.6 Å². The highest BCUT2D eigenvalue weighted by atomic mass is 32.2. The molecule has 8 heteroatoms. The van der Waals surface area contributed by atoms with Crippen molar-refractivity contribution in [1.82, 2.24) is 4.72 Å².